The fraction of sp³-hybridized carbons (Fsp3) is 0.333. The van der Waals surface area contributed by atoms with Crippen LogP contribution in [0.5, 0.6) is 0 Å². The number of aromatic nitrogens is 3. The van der Waals surface area contributed by atoms with Crippen molar-refractivity contribution in [1.29, 1.82) is 0 Å². The van der Waals surface area contributed by atoms with Gasteiger partial charge in [-0.25, -0.2) is 9.67 Å². The van der Waals surface area contributed by atoms with E-state index >= 15 is 0 Å². The Morgan fingerprint density at radius 1 is 1.32 bits per heavy atom. The summed E-state index contributed by atoms with van der Waals surface area (Å²) in [5, 5.41) is 9.28. The lowest BCUT2D eigenvalue weighted by molar-refractivity contribution is -0.122. The Kier molecular flexibility index (Phi) is 4.94. The normalized spacial score (nSPS) is 12.3. The lowest BCUT2D eigenvalue weighted by Gasteiger charge is -2.15. The van der Waals surface area contributed by atoms with Gasteiger partial charge in [-0.05, 0) is 26.3 Å². The molecule has 2 heterocycles. The van der Waals surface area contributed by atoms with Gasteiger partial charge >= 0.3 is 0 Å². The number of rotatable bonds is 5. The molecule has 0 aliphatic carbocycles. The van der Waals surface area contributed by atoms with Crippen LogP contribution in [0.25, 0.3) is 10.8 Å². The van der Waals surface area contributed by atoms with E-state index in [-0.39, 0.29) is 24.1 Å². The van der Waals surface area contributed by atoms with Crippen LogP contribution in [-0.4, -0.2) is 20.7 Å². The molecule has 1 N–H and O–H groups in total. The first-order chi connectivity index (χ1) is 12.0. The van der Waals surface area contributed by atoms with Crippen LogP contribution in [0.1, 0.15) is 35.0 Å². The molecule has 1 unspecified atom stereocenters. The molecule has 1 aromatic carbocycles. The van der Waals surface area contributed by atoms with Gasteiger partial charge in [0.25, 0.3) is 5.56 Å². The number of hydrogen-bond donors (Lipinski definition) is 1. The summed E-state index contributed by atoms with van der Waals surface area (Å²) >= 11 is 1.59. The number of hydrogen-bond acceptors (Lipinski definition) is 5. The largest absolute Gasteiger partial charge is 0.345 e. The number of carbonyl (C=O) groups is 1. The Hall–Kier alpha value is -2.54. The van der Waals surface area contributed by atoms with Gasteiger partial charge < -0.3 is 5.32 Å². The second kappa shape index (κ2) is 7.14. The van der Waals surface area contributed by atoms with Gasteiger partial charge in [0.2, 0.25) is 5.91 Å². The first-order valence-electron chi connectivity index (χ1n) is 8.17. The highest BCUT2D eigenvalue weighted by Gasteiger charge is 2.18. The molecule has 0 bridgehead atoms. The summed E-state index contributed by atoms with van der Waals surface area (Å²) in [5.41, 5.74) is 0.724. The molecule has 3 rings (SSSR count). The molecule has 1 atom stereocenters. The van der Waals surface area contributed by atoms with Crippen LogP contribution in [0.4, 0.5) is 0 Å². The molecule has 3 aromatic rings. The van der Waals surface area contributed by atoms with E-state index in [2.05, 4.69) is 15.4 Å². The highest BCUT2D eigenvalue weighted by atomic mass is 32.1. The van der Waals surface area contributed by atoms with Crippen LogP contribution in [0.15, 0.2) is 35.3 Å². The van der Waals surface area contributed by atoms with Gasteiger partial charge in [-0.3, -0.25) is 9.59 Å². The molecule has 6 nitrogen and oxygen atoms in total. The van der Waals surface area contributed by atoms with E-state index in [1.807, 2.05) is 32.9 Å². The number of carbonyl (C=O) groups excluding carboxylic acids is 1. The minimum absolute atomic E-state index is 0.108. The van der Waals surface area contributed by atoms with Gasteiger partial charge in [0.05, 0.1) is 23.3 Å². The Labute approximate surface area is 149 Å². The molecule has 130 valence electrons. The summed E-state index contributed by atoms with van der Waals surface area (Å²) in [6.07, 6.45) is 2.34. The van der Waals surface area contributed by atoms with Crippen molar-refractivity contribution in [3.05, 3.63) is 56.4 Å². The maximum Gasteiger partial charge on any atom is 0.275 e. The third-order valence-corrected chi connectivity index (χ3v) is 5.33. The van der Waals surface area contributed by atoms with Crippen molar-refractivity contribution < 1.29 is 4.79 Å². The number of nitrogens with one attached hydrogen (secondary N) is 1. The number of fused-ring (bicyclic) bond motifs is 1. The van der Waals surface area contributed by atoms with Gasteiger partial charge in [0, 0.05) is 10.3 Å². The number of nitrogens with zero attached hydrogens (tertiary/aromatic N) is 3. The zero-order chi connectivity index (χ0) is 18.0. The van der Waals surface area contributed by atoms with E-state index in [9.17, 15) is 9.59 Å². The fourth-order valence-electron chi connectivity index (χ4n) is 2.60. The number of aryl methyl sites for hydroxylation is 2. The summed E-state index contributed by atoms with van der Waals surface area (Å²) in [5.74, 6) is -0.248. The zero-order valence-corrected chi connectivity index (χ0v) is 15.3. The monoisotopic (exact) mass is 356 g/mol. The summed E-state index contributed by atoms with van der Waals surface area (Å²) in [6, 6.07) is 7.07. The topological polar surface area (TPSA) is 76.9 Å². The van der Waals surface area contributed by atoms with Crippen molar-refractivity contribution in [3.63, 3.8) is 0 Å². The lowest BCUT2D eigenvalue weighted by atomic mass is 10.2. The summed E-state index contributed by atoms with van der Waals surface area (Å²) in [4.78, 5) is 30.5. The molecule has 0 saturated carbocycles. The van der Waals surface area contributed by atoms with Crippen molar-refractivity contribution in [2.24, 2.45) is 0 Å². The van der Waals surface area contributed by atoms with E-state index in [0.717, 1.165) is 27.4 Å². The Bertz CT molecular complexity index is 957. The Morgan fingerprint density at radius 3 is 2.76 bits per heavy atom. The number of benzene rings is 1. The molecule has 2 aromatic heterocycles. The van der Waals surface area contributed by atoms with Crippen LogP contribution in [0.3, 0.4) is 0 Å². The molecule has 25 heavy (non-hydrogen) atoms. The smallest absolute Gasteiger partial charge is 0.275 e. The van der Waals surface area contributed by atoms with Gasteiger partial charge in [-0.2, -0.15) is 5.10 Å². The van der Waals surface area contributed by atoms with Crippen LogP contribution in [0.2, 0.25) is 0 Å². The summed E-state index contributed by atoms with van der Waals surface area (Å²) < 4.78 is 1.20. The second-order valence-electron chi connectivity index (χ2n) is 5.92. The van der Waals surface area contributed by atoms with E-state index < -0.39 is 0 Å². The first-order valence-corrected chi connectivity index (χ1v) is 8.99. The van der Waals surface area contributed by atoms with Gasteiger partial charge in [-0.1, -0.05) is 25.1 Å². The molecule has 0 spiro atoms. The maximum atomic E-state index is 12.4. The molecule has 1 amide bonds. The Morgan fingerprint density at radius 2 is 2.08 bits per heavy atom. The van der Waals surface area contributed by atoms with E-state index in [0.29, 0.717) is 5.39 Å². The molecule has 7 heteroatoms. The average molecular weight is 356 g/mol. The minimum atomic E-state index is -0.262. The summed E-state index contributed by atoms with van der Waals surface area (Å²) in [6.45, 7) is 5.87. The minimum Gasteiger partial charge on any atom is -0.345 e. The first kappa shape index (κ1) is 17.3. The highest BCUT2D eigenvalue weighted by Crippen LogP contribution is 2.24. The van der Waals surface area contributed by atoms with Crippen molar-refractivity contribution >= 4 is 28.0 Å². The highest BCUT2D eigenvalue weighted by molar-refractivity contribution is 7.11. The van der Waals surface area contributed by atoms with E-state index in [4.69, 9.17) is 0 Å². The van der Waals surface area contributed by atoms with Crippen molar-refractivity contribution in [1.82, 2.24) is 20.1 Å². The molecule has 0 aliphatic rings. The third kappa shape index (κ3) is 3.61. The van der Waals surface area contributed by atoms with Crippen LogP contribution in [-0.2, 0) is 11.3 Å². The average Bonchev–Trinajstić information content (AvgIpc) is 2.94. The standard InChI is InChI=1S/C18H20N4O2S/c1-4-15(17-20-11(2)12(3)25-17)21-16(23)10-22-18(24)14-8-6-5-7-13(14)9-19-22/h5-9,15H,4,10H2,1-3H3,(H,21,23). The lowest BCUT2D eigenvalue weighted by Crippen LogP contribution is -2.35. The van der Waals surface area contributed by atoms with Gasteiger partial charge in [0.1, 0.15) is 11.6 Å². The van der Waals surface area contributed by atoms with Crippen LogP contribution in [0, 0.1) is 13.8 Å². The SMILES string of the molecule is CCC(NC(=O)Cn1ncc2ccccc2c1=O)c1nc(C)c(C)s1. The predicted octanol–water partition coefficient (Wildman–Crippen LogP) is 2.74. The molecular weight excluding hydrogens is 336 g/mol. The number of thiazole rings is 1. The molecule has 0 radical (unpaired) electrons. The molecule has 0 aliphatic heterocycles. The van der Waals surface area contributed by atoms with Crippen molar-refractivity contribution in [2.75, 3.05) is 0 Å². The molecular formula is C18H20N4O2S. The van der Waals surface area contributed by atoms with E-state index in [1.165, 1.54) is 4.68 Å². The third-order valence-electron chi connectivity index (χ3n) is 4.14. The van der Waals surface area contributed by atoms with Gasteiger partial charge in [0.15, 0.2) is 0 Å². The van der Waals surface area contributed by atoms with E-state index in [1.54, 1.807) is 29.7 Å². The van der Waals surface area contributed by atoms with Gasteiger partial charge in [-0.15, -0.1) is 11.3 Å². The second-order valence-corrected chi connectivity index (χ2v) is 7.15. The number of amides is 1. The van der Waals surface area contributed by atoms with Crippen molar-refractivity contribution in [2.45, 2.75) is 39.8 Å². The zero-order valence-electron chi connectivity index (χ0n) is 14.4. The van der Waals surface area contributed by atoms with Crippen molar-refractivity contribution in [3.8, 4) is 0 Å². The molecule has 0 saturated heterocycles. The summed E-state index contributed by atoms with van der Waals surface area (Å²) in [7, 11) is 0. The maximum absolute atomic E-state index is 12.4. The quantitative estimate of drug-likeness (QED) is 0.762. The predicted molar refractivity (Wildman–Crippen MR) is 98.8 cm³/mol. The van der Waals surface area contributed by atoms with Crippen LogP contribution >= 0.6 is 11.3 Å². The van der Waals surface area contributed by atoms with Crippen LogP contribution < -0.4 is 10.9 Å². The fourth-order valence-corrected chi connectivity index (χ4v) is 3.66. The molecule has 0 fully saturated rings. The Balaban J connectivity index is 1.78.